The summed E-state index contributed by atoms with van der Waals surface area (Å²) in [5.41, 5.74) is -0.978. The SMILES string of the molecule is CCCCCCCCCCN(C(=O)c1ccc(F)cc1F)C(=O)c1ccc(F)cc1F. The third-order valence-corrected chi connectivity index (χ3v) is 5.05. The Balaban J connectivity index is 2.13. The molecule has 0 aliphatic heterocycles. The van der Waals surface area contributed by atoms with Gasteiger partial charge in [0, 0.05) is 18.7 Å². The van der Waals surface area contributed by atoms with E-state index in [0.717, 1.165) is 67.7 Å². The van der Waals surface area contributed by atoms with Crippen molar-refractivity contribution in [3.05, 3.63) is 70.8 Å². The van der Waals surface area contributed by atoms with Gasteiger partial charge in [-0.25, -0.2) is 17.6 Å². The molecule has 2 rings (SSSR count). The molecule has 0 saturated carbocycles. The Bertz CT molecular complexity index is 838. The number of hydrogen-bond acceptors (Lipinski definition) is 2. The van der Waals surface area contributed by atoms with E-state index in [-0.39, 0.29) is 6.54 Å². The molecular formula is C24H27F4NO2. The van der Waals surface area contributed by atoms with Gasteiger partial charge in [-0.05, 0) is 30.7 Å². The monoisotopic (exact) mass is 437 g/mol. The van der Waals surface area contributed by atoms with E-state index in [1.54, 1.807) is 0 Å². The van der Waals surface area contributed by atoms with Crippen molar-refractivity contribution in [3.8, 4) is 0 Å². The minimum absolute atomic E-state index is 0.0553. The molecule has 0 heterocycles. The zero-order valence-corrected chi connectivity index (χ0v) is 17.6. The van der Waals surface area contributed by atoms with Crippen LogP contribution in [0.25, 0.3) is 0 Å². The van der Waals surface area contributed by atoms with Gasteiger partial charge in [-0.3, -0.25) is 14.5 Å². The Morgan fingerprint density at radius 1 is 0.677 bits per heavy atom. The molecule has 0 spiro atoms. The predicted octanol–water partition coefficient (Wildman–Crippen LogP) is 6.67. The molecule has 168 valence electrons. The van der Waals surface area contributed by atoms with Gasteiger partial charge in [0.25, 0.3) is 11.8 Å². The fourth-order valence-corrected chi connectivity index (χ4v) is 3.32. The molecule has 0 bridgehead atoms. The summed E-state index contributed by atoms with van der Waals surface area (Å²) >= 11 is 0. The number of nitrogens with zero attached hydrogens (tertiary/aromatic N) is 1. The lowest BCUT2D eigenvalue weighted by molar-refractivity contribution is 0.0608. The zero-order valence-electron chi connectivity index (χ0n) is 17.6. The van der Waals surface area contributed by atoms with Crippen LogP contribution in [0.2, 0.25) is 0 Å². The van der Waals surface area contributed by atoms with Crippen LogP contribution in [0.15, 0.2) is 36.4 Å². The largest absolute Gasteiger partial charge is 0.274 e. The van der Waals surface area contributed by atoms with E-state index in [4.69, 9.17) is 0 Å². The summed E-state index contributed by atoms with van der Waals surface area (Å²) in [4.78, 5) is 26.4. The van der Waals surface area contributed by atoms with Crippen molar-refractivity contribution in [1.82, 2.24) is 4.90 Å². The highest BCUT2D eigenvalue weighted by atomic mass is 19.1. The number of unbranched alkanes of at least 4 members (excludes halogenated alkanes) is 7. The number of imide groups is 1. The Kier molecular flexibility index (Phi) is 9.69. The third kappa shape index (κ3) is 7.19. The fourth-order valence-electron chi connectivity index (χ4n) is 3.32. The summed E-state index contributed by atoms with van der Waals surface area (Å²) in [5.74, 6) is -5.93. The molecule has 0 atom stereocenters. The molecule has 2 amide bonds. The van der Waals surface area contributed by atoms with E-state index in [1.165, 1.54) is 6.42 Å². The zero-order chi connectivity index (χ0) is 22.8. The van der Waals surface area contributed by atoms with Gasteiger partial charge < -0.3 is 0 Å². The second-order valence-electron chi connectivity index (χ2n) is 7.49. The number of hydrogen-bond donors (Lipinski definition) is 0. The highest BCUT2D eigenvalue weighted by Crippen LogP contribution is 2.18. The number of halogens is 4. The molecule has 0 fully saturated rings. The molecule has 2 aromatic carbocycles. The van der Waals surface area contributed by atoms with E-state index in [2.05, 4.69) is 6.92 Å². The lowest BCUT2D eigenvalue weighted by atomic mass is 10.1. The van der Waals surface area contributed by atoms with Crippen LogP contribution in [0.4, 0.5) is 17.6 Å². The Labute approximate surface area is 180 Å². The molecular weight excluding hydrogens is 410 g/mol. The maximum absolute atomic E-state index is 14.1. The van der Waals surface area contributed by atoms with Crippen LogP contribution in [0.5, 0.6) is 0 Å². The van der Waals surface area contributed by atoms with Gasteiger partial charge in [0.15, 0.2) is 0 Å². The van der Waals surface area contributed by atoms with E-state index in [1.807, 2.05) is 0 Å². The third-order valence-electron chi connectivity index (χ3n) is 5.05. The number of benzene rings is 2. The van der Waals surface area contributed by atoms with Crippen molar-refractivity contribution in [3.63, 3.8) is 0 Å². The van der Waals surface area contributed by atoms with Crippen molar-refractivity contribution in [1.29, 1.82) is 0 Å². The van der Waals surface area contributed by atoms with Crippen molar-refractivity contribution >= 4 is 11.8 Å². The molecule has 0 aromatic heterocycles. The van der Waals surface area contributed by atoms with Gasteiger partial charge in [-0.2, -0.15) is 0 Å². The summed E-state index contributed by atoms with van der Waals surface area (Å²) in [6.07, 6.45) is 7.74. The van der Waals surface area contributed by atoms with Crippen molar-refractivity contribution in [2.75, 3.05) is 6.54 Å². The average Bonchev–Trinajstić information content (AvgIpc) is 2.72. The number of amides is 2. The highest BCUT2D eigenvalue weighted by molar-refractivity contribution is 6.10. The molecule has 0 aliphatic carbocycles. The van der Waals surface area contributed by atoms with Crippen molar-refractivity contribution < 1.29 is 27.2 Å². The molecule has 0 saturated heterocycles. The van der Waals surface area contributed by atoms with Gasteiger partial charge in [0.2, 0.25) is 0 Å². The normalized spacial score (nSPS) is 10.9. The van der Waals surface area contributed by atoms with Crippen LogP contribution in [-0.2, 0) is 0 Å². The number of carbonyl (C=O) groups excluding carboxylic acids is 2. The Morgan fingerprint density at radius 2 is 1.10 bits per heavy atom. The summed E-state index contributed by atoms with van der Waals surface area (Å²) in [7, 11) is 0. The summed E-state index contributed by atoms with van der Waals surface area (Å²) in [6, 6.07) is 4.81. The first kappa shape index (κ1) is 24.6. The molecule has 0 radical (unpaired) electrons. The summed E-state index contributed by atoms with van der Waals surface area (Å²) in [6.45, 7) is 2.08. The maximum atomic E-state index is 14.1. The first-order valence-corrected chi connectivity index (χ1v) is 10.6. The van der Waals surface area contributed by atoms with Crippen LogP contribution >= 0.6 is 0 Å². The standard InChI is InChI=1S/C24H27F4NO2/c1-2-3-4-5-6-7-8-9-14-29(23(30)19-12-10-17(25)15-21(19)27)24(31)20-13-11-18(26)16-22(20)28/h10-13,15-16H,2-9,14H2,1H3. The molecule has 31 heavy (non-hydrogen) atoms. The summed E-state index contributed by atoms with van der Waals surface area (Å²) < 4.78 is 54.7. The second kappa shape index (κ2) is 12.2. The van der Waals surface area contributed by atoms with Gasteiger partial charge >= 0.3 is 0 Å². The van der Waals surface area contributed by atoms with Crippen LogP contribution in [0.3, 0.4) is 0 Å². The van der Waals surface area contributed by atoms with E-state index >= 15 is 0 Å². The molecule has 2 aromatic rings. The summed E-state index contributed by atoms with van der Waals surface area (Å²) in [5, 5.41) is 0. The highest BCUT2D eigenvalue weighted by Gasteiger charge is 2.28. The van der Waals surface area contributed by atoms with E-state index < -0.39 is 46.2 Å². The van der Waals surface area contributed by atoms with Gasteiger partial charge in [-0.1, -0.05) is 51.9 Å². The van der Waals surface area contributed by atoms with Crippen LogP contribution in [0, 0.1) is 23.3 Å². The Morgan fingerprint density at radius 3 is 1.52 bits per heavy atom. The number of carbonyl (C=O) groups is 2. The van der Waals surface area contributed by atoms with Crippen LogP contribution < -0.4 is 0 Å². The molecule has 0 aliphatic rings. The first-order valence-electron chi connectivity index (χ1n) is 10.6. The van der Waals surface area contributed by atoms with Gasteiger partial charge in [-0.15, -0.1) is 0 Å². The Hall–Kier alpha value is -2.70. The first-order chi connectivity index (χ1) is 14.8. The van der Waals surface area contributed by atoms with Crippen LogP contribution in [-0.4, -0.2) is 23.3 Å². The molecule has 0 N–H and O–H groups in total. The maximum Gasteiger partial charge on any atom is 0.263 e. The van der Waals surface area contributed by atoms with Gasteiger partial charge in [0.05, 0.1) is 11.1 Å². The van der Waals surface area contributed by atoms with E-state index in [0.29, 0.717) is 18.6 Å². The smallest absolute Gasteiger partial charge is 0.263 e. The molecule has 0 unspecified atom stereocenters. The minimum atomic E-state index is -1.11. The van der Waals surface area contributed by atoms with Crippen molar-refractivity contribution in [2.24, 2.45) is 0 Å². The van der Waals surface area contributed by atoms with Gasteiger partial charge in [0.1, 0.15) is 23.3 Å². The lowest BCUT2D eigenvalue weighted by Gasteiger charge is -2.22. The van der Waals surface area contributed by atoms with Crippen molar-refractivity contribution in [2.45, 2.75) is 58.3 Å². The van der Waals surface area contributed by atoms with Crippen LogP contribution in [0.1, 0.15) is 79.0 Å². The lowest BCUT2D eigenvalue weighted by Crippen LogP contribution is -2.38. The number of rotatable bonds is 11. The second-order valence-corrected chi connectivity index (χ2v) is 7.49. The molecule has 3 nitrogen and oxygen atoms in total. The minimum Gasteiger partial charge on any atom is -0.274 e. The fraction of sp³-hybridized carbons (Fsp3) is 0.417. The quantitative estimate of drug-likeness (QED) is 0.224. The average molecular weight is 437 g/mol. The topological polar surface area (TPSA) is 37.4 Å². The predicted molar refractivity (Wildman–Crippen MR) is 111 cm³/mol. The van der Waals surface area contributed by atoms with E-state index in [9.17, 15) is 27.2 Å². The molecule has 7 heteroatoms.